The van der Waals surface area contributed by atoms with Crippen molar-refractivity contribution in [3.8, 4) is 0 Å². The first-order valence-electron chi connectivity index (χ1n) is 6.78. The Hall–Kier alpha value is -1.79. The molecule has 0 radical (unpaired) electrons. The number of carbonyl (C=O) groups excluding carboxylic acids is 2. The zero-order valence-corrected chi connectivity index (χ0v) is 11.9. The molecule has 1 heterocycles. The SMILES string of the molecule is COC(=O)C1CN(C(=O)NCCCCC(=O)O)CC1C. The highest BCUT2D eigenvalue weighted by Crippen LogP contribution is 2.23. The number of rotatable bonds is 6. The normalized spacial score (nSPS) is 21.6. The Labute approximate surface area is 118 Å². The minimum atomic E-state index is -0.828. The Morgan fingerprint density at radius 2 is 2.00 bits per heavy atom. The number of methoxy groups -OCH3 is 1. The van der Waals surface area contributed by atoms with Gasteiger partial charge in [0, 0.05) is 26.1 Å². The molecule has 2 unspecified atom stereocenters. The molecule has 1 fully saturated rings. The van der Waals surface area contributed by atoms with Gasteiger partial charge in [-0.25, -0.2) is 4.79 Å². The van der Waals surface area contributed by atoms with Crippen molar-refractivity contribution in [2.45, 2.75) is 26.2 Å². The van der Waals surface area contributed by atoms with E-state index in [4.69, 9.17) is 9.84 Å². The quantitative estimate of drug-likeness (QED) is 0.553. The Bertz CT molecular complexity index is 372. The zero-order chi connectivity index (χ0) is 15.1. The summed E-state index contributed by atoms with van der Waals surface area (Å²) in [4.78, 5) is 35.3. The van der Waals surface area contributed by atoms with Crippen LogP contribution in [0.25, 0.3) is 0 Å². The largest absolute Gasteiger partial charge is 0.481 e. The van der Waals surface area contributed by atoms with Crippen LogP contribution in [0, 0.1) is 11.8 Å². The van der Waals surface area contributed by atoms with Gasteiger partial charge < -0.3 is 20.1 Å². The molecule has 0 aromatic carbocycles. The van der Waals surface area contributed by atoms with Crippen LogP contribution in [-0.2, 0) is 14.3 Å². The number of nitrogens with one attached hydrogen (secondary N) is 1. The first kappa shape index (κ1) is 16.3. The van der Waals surface area contributed by atoms with E-state index in [2.05, 4.69) is 5.32 Å². The van der Waals surface area contributed by atoms with Crippen molar-refractivity contribution in [3.63, 3.8) is 0 Å². The molecule has 0 spiro atoms. The fourth-order valence-corrected chi connectivity index (χ4v) is 2.30. The highest BCUT2D eigenvalue weighted by molar-refractivity contribution is 5.78. The van der Waals surface area contributed by atoms with Crippen molar-refractivity contribution < 1.29 is 24.2 Å². The van der Waals surface area contributed by atoms with E-state index in [-0.39, 0.29) is 30.3 Å². The molecule has 1 aliphatic heterocycles. The number of aliphatic carboxylic acids is 1. The minimum Gasteiger partial charge on any atom is -0.481 e. The highest BCUT2D eigenvalue weighted by Gasteiger charge is 2.37. The van der Waals surface area contributed by atoms with Crippen LogP contribution in [0.2, 0.25) is 0 Å². The van der Waals surface area contributed by atoms with Gasteiger partial charge in [0.1, 0.15) is 0 Å². The maximum atomic E-state index is 11.9. The Kier molecular flexibility index (Phi) is 6.27. The van der Waals surface area contributed by atoms with E-state index >= 15 is 0 Å². The standard InChI is InChI=1S/C13H22N2O5/c1-9-7-15(8-10(9)12(18)20-2)13(19)14-6-4-3-5-11(16)17/h9-10H,3-8H2,1-2H3,(H,14,19)(H,16,17). The van der Waals surface area contributed by atoms with E-state index in [0.29, 0.717) is 32.5 Å². The molecule has 7 heteroatoms. The number of likely N-dealkylation sites (tertiary alicyclic amines) is 1. The van der Waals surface area contributed by atoms with Crippen LogP contribution in [0.15, 0.2) is 0 Å². The number of nitrogens with zero attached hydrogens (tertiary/aromatic N) is 1. The Balaban J connectivity index is 2.27. The molecule has 0 aliphatic carbocycles. The molecule has 1 saturated heterocycles. The number of carboxylic acid groups (broad SMARTS) is 1. The van der Waals surface area contributed by atoms with Crippen molar-refractivity contribution in [3.05, 3.63) is 0 Å². The third-order valence-corrected chi connectivity index (χ3v) is 3.50. The molecular formula is C13H22N2O5. The molecule has 20 heavy (non-hydrogen) atoms. The summed E-state index contributed by atoms with van der Waals surface area (Å²) in [6.07, 6.45) is 1.28. The van der Waals surface area contributed by atoms with E-state index in [1.54, 1.807) is 4.90 Å². The monoisotopic (exact) mass is 286 g/mol. The molecular weight excluding hydrogens is 264 g/mol. The van der Waals surface area contributed by atoms with Gasteiger partial charge in [-0.05, 0) is 18.8 Å². The average Bonchev–Trinajstić information content (AvgIpc) is 2.79. The maximum Gasteiger partial charge on any atom is 0.317 e. The summed E-state index contributed by atoms with van der Waals surface area (Å²) in [5.74, 6) is -1.29. The van der Waals surface area contributed by atoms with E-state index in [1.807, 2.05) is 6.92 Å². The van der Waals surface area contributed by atoms with E-state index < -0.39 is 5.97 Å². The topological polar surface area (TPSA) is 95.9 Å². The van der Waals surface area contributed by atoms with Gasteiger partial charge in [0.05, 0.1) is 13.0 Å². The van der Waals surface area contributed by atoms with Gasteiger partial charge in [0.2, 0.25) is 0 Å². The molecule has 0 bridgehead atoms. The molecule has 2 N–H and O–H groups in total. The fraction of sp³-hybridized carbons (Fsp3) is 0.769. The lowest BCUT2D eigenvalue weighted by molar-refractivity contribution is -0.146. The maximum absolute atomic E-state index is 11.9. The number of carboxylic acids is 1. The summed E-state index contributed by atoms with van der Waals surface area (Å²) in [7, 11) is 1.35. The second-order valence-electron chi connectivity index (χ2n) is 5.09. The van der Waals surface area contributed by atoms with Crippen LogP contribution in [0.3, 0.4) is 0 Å². The molecule has 2 amide bonds. The van der Waals surface area contributed by atoms with Crippen molar-refractivity contribution in [1.29, 1.82) is 0 Å². The average molecular weight is 286 g/mol. The first-order chi connectivity index (χ1) is 9.45. The number of hydrogen-bond donors (Lipinski definition) is 2. The Morgan fingerprint density at radius 1 is 1.30 bits per heavy atom. The van der Waals surface area contributed by atoms with Crippen LogP contribution in [0.1, 0.15) is 26.2 Å². The summed E-state index contributed by atoms with van der Waals surface area (Å²) >= 11 is 0. The molecule has 2 atom stereocenters. The van der Waals surface area contributed by atoms with Gasteiger partial charge in [-0.2, -0.15) is 0 Å². The summed E-state index contributed by atoms with van der Waals surface area (Å²) < 4.78 is 4.72. The predicted molar refractivity (Wildman–Crippen MR) is 71.1 cm³/mol. The number of ether oxygens (including phenoxy) is 1. The predicted octanol–water partition coefficient (Wildman–Crippen LogP) is 0.692. The third kappa shape index (κ3) is 4.71. The lowest BCUT2D eigenvalue weighted by Gasteiger charge is -2.16. The molecule has 1 aliphatic rings. The number of hydrogen-bond acceptors (Lipinski definition) is 4. The van der Waals surface area contributed by atoms with E-state index in [9.17, 15) is 14.4 Å². The van der Waals surface area contributed by atoms with Gasteiger partial charge in [-0.3, -0.25) is 9.59 Å². The van der Waals surface area contributed by atoms with Crippen molar-refractivity contribution in [1.82, 2.24) is 10.2 Å². The fourth-order valence-electron chi connectivity index (χ4n) is 2.30. The lowest BCUT2D eigenvalue weighted by atomic mass is 9.99. The molecule has 1 rings (SSSR count). The summed E-state index contributed by atoms with van der Waals surface area (Å²) in [6, 6.07) is -0.210. The number of urea groups is 1. The van der Waals surface area contributed by atoms with Gasteiger partial charge in [-0.1, -0.05) is 6.92 Å². The van der Waals surface area contributed by atoms with Crippen LogP contribution in [0.5, 0.6) is 0 Å². The Morgan fingerprint density at radius 3 is 2.60 bits per heavy atom. The summed E-state index contributed by atoms with van der Waals surface area (Å²) in [6.45, 7) is 3.26. The van der Waals surface area contributed by atoms with Gasteiger partial charge in [0.15, 0.2) is 0 Å². The second-order valence-corrected chi connectivity index (χ2v) is 5.09. The lowest BCUT2D eigenvalue weighted by Crippen LogP contribution is -2.39. The highest BCUT2D eigenvalue weighted by atomic mass is 16.5. The molecule has 0 aromatic heterocycles. The number of esters is 1. The third-order valence-electron chi connectivity index (χ3n) is 3.50. The van der Waals surface area contributed by atoms with Crippen molar-refractivity contribution in [2.75, 3.05) is 26.7 Å². The second kappa shape index (κ2) is 7.72. The van der Waals surface area contributed by atoms with Gasteiger partial charge in [-0.15, -0.1) is 0 Å². The smallest absolute Gasteiger partial charge is 0.317 e. The zero-order valence-electron chi connectivity index (χ0n) is 11.9. The van der Waals surface area contributed by atoms with Crippen molar-refractivity contribution >= 4 is 18.0 Å². The minimum absolute atomic E-state index is 0.0835. The van der Waals surface area contributed by atoms with Crippen LogP contribution < -0.4 is 5.32 Å². The van der Waals surface area contributed by atoms with Gasteiger partial charge >= 0.3 is 18.0 Å². The first-order valence-corrected chi connectivity index (χ1v) is 6.78. The van der Waals surface area contributed by atoms with Crippen LogP contribution >= 0.6 is 0 Å². The van der Waals surface area contributed by atoms with Gasteiger partial charge in [0.25, 0.3) is 0 Å². The van der Waals surface area contributed by atoms with Crippen molar-refractivity contribution in [2.24, 2.45) is 11.8 Å². The number of amides is 2. The molecule has 7 nitrogen and oxygen atoms in total. The van der Waals surface area contributed by atoms with E-state index in [1.165, 1.54) is 7.11 Å². The molecule has 114 valence electrons. The van der Waals surface area contributed by atoms with Crippen LogP contribution in [-0.4, -0.2) is 54.7 Å². The number of unbranched alkanes of at least 4 members (excludes halogenated alkanes) is 1. The van der Waals surface area contributed by atoms with E-state index in [0.717, 1.165) is 0 Å². The van der Waals surface area contributed by atoms with Crippen LogP contribution in [0.4, 0.5) is 4.79 Å². The summed E-state index contributed by atoms with van der Waals surface area (Å²) in [5, 5.41) is 11.2. The summed E-state index contributed by atoms with van der Waals surface area (Å²) in [5.41, 5.74) is 0. The number of carbonyl (C=O) groups is 3. The molecule has 0 saturated carbocycles. The molecule has 0 aromatic rings.